The number of aliphatic hydroxyl groups excluding tert-OH is 3. The first kappa shape index (κ1) is 55.9. The van der Waals surface area contributed by atoms with Gasteiger partial charge in [0.1, 0.15) is 0 Å². The van der Waals surface area contributed by atoms with Crippen LogP contribution in [0.2, 0.25) is 0 Å². The molecule has 0 aliphatic heterocycles. The maximum atomic E-state index is 10.1. The zero-order valence-electron chi connectivity index (χ0n) is 29.8. The van der Waals surface area contributed by atoms with E-state index in [2.05, 4.69) is 17.2 Å². The molecular formula is C32H69N3O14. The third-order valence-corrected chi connectivity index (χ3v) is 5.61. The Hall–Kier alpha value is -2.48. The zero-order valence-corrected chi connectivity index (χ0v) is 29.8. The molecule has 0 spiro atoms. The monoisotopic (exact) mass is 719 g/mol. The molecule has 296 valence electrons. The van der Waals surface area contributed by atoms with E-state index in [1.54, 1.807) is 0 Å². The molecule has 0 rings (SSSR count). The van der Waals surface area contributed by atoms with E-state index in [1.165, 1.54) is 0 Å². The lowest BCUT2D eigenvalue weighted by molar-refractivity contribution is -0.374. The molecule has 0 aromatic heterocycles. The van der Waals surface area contributed by atoms with Gasteiger partial charge in [-0.1, -0.05) is 51.4 Å². The van der Waals surface area contributed by atoms with Crippen LogP contribution in [-0.2, 0) is 33.4 Å². The van der Waals surface area contributed by atoms with Gasteiger partial charge in [-0.3, -0.25) is 4.79 Å². The van der Waals surface area contributed by atoms with Crippen LogP contribution in [0.1, 0.15) is 103 Å². The molecule has 0 fully saturated rings. The Balaban J connectivity index is -0.000000172. The van der Waals surface area contributed by atoms with Gasteiger partial charge >= 0.3 is 5.97 Å². The number of quaternary nitrogens is 3. The van der Waals surface area contributed by atoms with E-state index in [0.29, 0.717) is 58.9 Å². The molecule has 17 heteroatoms. The maximum Gasteiger partial charge on any atom is 0.303 e. The molecule has 13 N–H and O–H groups in total. The van der Waals surface area contributed by atoms with E-state index in [4.69, 9.17) is 34.6 Å². The standard InChI is InChI=1S/2C10H18O4.3C4H11NO2/c2*11-9(12)7-5-3-1-2-4-6-8-10(13)14;3*5-1-3-7-4-2-6/h2*1-8H2,(H,11,12)(H,13,14);3*6H,1-5H2. The molecule has 0 saturated heterocycles. The van der Waals surface area contributed by atoms with Crippen LogP contribution in [0.25, 0.3) is 0 Å². The SMILES string of the molecule is O=C([O-])CCCCCCCCC(=O)O.O=C([O-])CCCCCCCCC(=O)[O-].[NH3+]CCOCCO.[NH3+]CCOCCO.[NH3+]CCOCCO. The van der Waals surface area contributed by atoms with Crippen LogP contribution in [0.5, 0.6) is 0 Å². The number of carboxylic acids is 4. The Morgan fingerprint density at radius 1 is 0.408 bits per heavy atom. The number of carboxylic acid groups (broad SMARTS) is 4. The summed E-state index contributed by atoms with van der Waals surface area (Å²) in [6, 6.07) is 0. The summed E-state index contributed by atoms with van der Waals surface area (Å²) in [4.78, 5) is 40.2. The zero-order chi connectivity index (χ0) is 38.2. The normalized spacial score (nSPS) is 9.76. The van der Waals surface area contributed by atoms with Crippen molar-refractivity contribution in [3.05, 3.63) is 0 Å². The number of aliphatic carboxylic acids is 4. The summed E-state index contributed by atoms with van der Waals surface area (Å²) in [5.41, 5.74) is 10.7. The highest BCUT2D eigenvalue weighted by molar-refractivity contribution is 5.66. The quantitative estimate of drug-likeness (QED) is 0.0343. The summed E-state index contributed by atoms with van der Waals surface area (Å²) in [7, 11) is 0. The average Bonchev–Trinajstić information content (AvgIpc) is 3.05. The number of aliphatic hydroxyl groups is 3. The Morgan fingerprint density at radius 2 is 0.633 bits per heavy atom. The van der Waals surface area contributed by atoms with Crippen molar-refractivity contribution in [2.24, 2.45) is 0 Å². The van der Waals surface area contributed by atoms with Gasteiger partial charge in [0, 0.05) is 24.3 Å². The van der Waals surface area contributed by atoms with Crippen molar-refractivity contribution in [2.75, 3.05) is 79.1 Å². The molecule has 17 nitrogen and oxygen atoms in total. The Morgan fingerprint density at radius 3 is 0.816 bits per heavy atom. The summed E-state index contributed by atoms with van der Waals surface area (Å²) in [5, 5.41) is 62.9. The minimum absolute atomic E-state index is 0.111. The van der Waals surface area contributed by atoms with E-state index in [9.17, 15) is 34.5 Å². The van der Waals surface area contributed by atoms with Crippen LogP contribution < -0.4 is 32.5 Å². The number of hydrogen-bond donors (Lipinski definition) is 7. The summed E-state index contributed by atoms with van der Waals surface area (Å²) in [6.45, 7) is 5.95. The van der Waals surface area contributed by atoms with Crippen molar-refractivity contribution < 1.29 is 86.3 Å². The van der Waals surface area contributed by atoms with Crippen molar-refractivity contribution in [1.82, 2.24) is 0 Å². The summed E-state index contributed by atoms with van der Waals surface area (Å²) in [6.07, 6.45) is 10.8. The first-order valence-corrected chi connectivity index (χ1v) is 17.2. The van der Waals surface area contributed by atoms with Crippen molar-refractivity contribution >= 4 is 23.9 Å². The van der Waals surface area contributed by atoms with E-state index in [1.807, 2.05) is 0 Å². The lowest BCUT2D eigenvalue weighted by Crippen LogP contribution is -2.52. The van der Waals surface area contributed by atoms with Gasteiger partial charge in [0.05, 0.1) is 79.1 Å². The van der Waals surface area contributed by atoms with Crippen LogP contribution >= 0.6 is 0 Å². The highest BCUT2D eigenvalue weighted by Crippen LogP contribution is 2.09. The predicted molar refractivity (Wildman–Crippen MR) is 174 cm³/mol. The summed E-state index contributed by atoms with van der Waals surface area (Å²) in [5.74, 6) is -3.73. The lowest BCUT2D eigenvalue weighted by Gasteiger charge is -2.03. The number of hydrogen-bond acceptors (Lipinski definition) is 13. The van der Waals surface area contributed by atoms with Gasteiger partial charge in [0.25, 0.3) is 0 Å². The van der Waals surface area contributed by atoms with Crippen molar-refractivity contribution in [3.63, 3.8) is 0 Å². The van der Waals surface area contributed by atoms with Crippen molar-refractivity contribution in [3.8, 4) is 0 Å². The van der Waals surface area contributed by atoms with Crippen LogP contribution in [-0.4, -0.2) is 123 Å². The molecule has 0 unspecified atom stereocenters. The van der Waals surface area contributed by atoms with Gasteiger partial charge in [-0.15, -0.1) is 0 Å². The molecule has 49 heavy (non-hydrogen) atoms. The molecule has 0 radical (unpaired) electrons. The summed E-state index contributed by atoms with van der Waals surface area (Å²) < 4.78 is 14.5. The fraction of sp³-hybridized carbons (Fsp3) is 0.875. The molecule has 0 saturated carbocycles. The van der Waals surface area contributed by atoms with E-state index >= 15 is 0 Å². The lowest BCUT2D eigenvalue weighted by atomic mass is 10.1. The molecule has 0 heterocycles. The largest absolute Gasteiger partial charge is 0.550 e. The molecule has 0 aliphatic carbocycles. The van der Waals surface area contributed by atoms with E-state index < -0.39 is 23.9 Å². The van der Waals surface area contributed by atoms with E-state index in [-0.39, 0.29) is 45.5 Å². The van der Waals surface area contributed by atoms with Crippen LogP contribution in [0.3, 0.4) is 0 Å². The first-order chi connectivity index (χ1) is 23.5. The number of unbranched alkanes of at least 4 members (excludes halogenated alkanes) is 10. The Labute approximate surface area is 292 Å². The minimum atomic E-state index is -0.998. The van der Waals surface area contributed by atoms with E-state index in [0.717, 1.165) is 77.4 Å². The predicted octanol–water partition coefficient (Wildman–Crippen LogP) is -4.74. The second-order valence-corrected chi connectivity index (χ2v) is 10.3. The Bertz CT molecular complexity index is 561. The number of carbonyl (C=O) groups is 4. The van der Waals surface area contributed by atoms with Crippen molar-refractivity contribution in [1.29, 1.82) is 0 Å². The molecule has 0 atom stereocenters. The smallest absolute Gasteiger partial charge is 0.303 e. The second kappa shape index (κ2) is 55.0. The van der Waals surface area contributed by atoms with Gasteiger partial charge in [-0.25, -0.2) is 0 Å². The van der Waals surface area contributed by atoms with Crippen LogP contribution in [0, 0.1) is 0 Å². The van der Waals surface area contributed by atoms with Gasteiger partial charge in [0.15, 0.2) is 0 Å². The third kappa shape index (κ3) is 86.8. The van der Waals surface area contributed by atoms with Gasteiger partial charge in [-0.05, 0) is 44.9 Å². The fourth-order valence-corrected chi connectivity index (χ4v) is 3.30. The van der Waals surface area contributed by atoms with Gasteiger partial charge in [0.2, 0.25) is 0 Å². The average molecular weight is 720 g/mol. The molecule has 0 bridgehead atoms. The number of ether oxygens (including phenoxy) is 3. The molecule has 0 amide bonds. The van der Waals surface area contributed by atoms with Crippen LogP contribution in [0.4, 0.5) is 0 Å². The highest BCUT2D eigenvalue weighted by atomic mass is 16.5. The topological polar surface area (TPSA) is 329 Å². The molecular weight excluding hydrogens is 650 g/mol. The first-order valence-electron chi connectivity index (χ1n) is 17.2. The van der Waals surface area contributed by atoms with Gasteiger partial charge < -0.3 is 81.5 Å². The third-order valence-electron chi connectivity index (χ3n) is 5.61. The summed E-state index contributed by atoms with van der Waals surface area (Å²) >= 11 is 0. The number of rotatable bonds is 30. The highest BCUT2D eigenvalue weighted by Gasteiger charge is 1.96. The molecule has 0 aromatic carbocycles. The molecule has 0 aromatic rings. The van der Waals surface area contributed by atoms with Gasteiger partial charge in [-0.2, -0.15) is 0 Å². The minimum Gasteiger partial charge on any atom is -0.550 e. The molecule has 0 aliphatic rings. The second-order valence-electron chi connectivity index (χ2n) is 10.3. The van der Waals surface area contributed by atoms with Crippen molar-refractivity contribution in [2.45, 2.75) is 103 Å². The Kier molecular flexibility index (Phi) is 62.7. The maximum absolute atomic E-state index is 10.1. The van der Waals surface area contributed by atoms with Crippen LogP contribution in [0.15, 0.2) is 0 Å². The fourth-order valence-electron chi connectivity index (χ4n) is 3.30. The number of carbonyl (C=O) groups excluding carboxylic acids is 3.